The van der Waals surface area contributed by atoms with Crippen molar-refractivity contribution in [3.63, 3.8) is 0 Å². The lowest BCUT2D eigenvalue weighted by molar-refractivity contribution is -0.0378. The molecule has 10 nitrogen and oxygen atoms in total. The molecule has 232 valence electrons. The first-order valence-corrected chi connectivity index (χ1v) is 20.8. The second-order valence-electron chi connectivity index (χ2n) is 14.3. The molecule has 3 atom stereocenters. The van der Waals surface area contributed by atoms with E-state index >= 15 is 0 Å². The van der Waals surface area contributed by atoms with Crippen LogP contribution in [0.5, 0.6) is 5.88 Å². The van der Waals surface area contributed by atoms with Gasteiger partial charge in [0.05, 0.1) is 19.3 Å². The molecule has 1 aliphatic heterocycles. The van der Waals surface area contributed by atoms with Crippen molar-refractivity contribution in [3.05, 3.63) is 24.5 Å². The number of hydrogen-bond donors (Lipinski definition) is 1. The highest BCUT2D eigenvalue weighted by molar-refractivity contribution is 6.74. The molecular formula is C30H50N6O4Si2. The van der Waals surface area contributed by atoms with Gasteiger partial charge in [-0.05, 0) is 54.8 Å². The molecule has 3 aromatic heterocycles. The molecule has 12 heteroatoms. The van der Waals surface area contributed by atoms with Gasteiger partial charge < -0.3 is 24.1 Å². The molecule has 0 radical (unpaired) electrons. The van der Waals surface area contributed by atoms with Gasteiger partial charge in [-0.3, -0.25) is 9.55 Å². The molecule has 1 aliphatic rings. The second kappa shape index (κ2) is 11.9. The highest BCUT2D eigenvalue weighted by atomic mass is 28.4. The Morgan fingerprint density at radius 1 is 0.976 bits per heavy atom. The van der Waals surface area contributed by atoms with E-state index in [1.807, 2.05) is 23.6 Å². The number of nitrogens with zero attached hydrogens (tertiary/aromatic N) is 5. The third-order valence-electron chi connectivity index (χ3n) is 9.04. The number of pyridine rings is 1. The molecule has 0 aromatic carbocycles. The van der Waals surface area contributed by atoms with Crippen LogP contribution in [0.3, 0.4) is 0 Å². The smallest absolute Gasteiger partial charge is 0.247 e. The normalized spacial score (nSPS) is 20.4. The van der Waals surface area contributed by atoms with E-state index in [9.17, 15) is 0 Å². The topological polar surface area (TPSA) is 119 Å². The van der Waals surface area contributed by atoms with Crippen LogP contribution < -0.4 is 10.5 Å². The standard InChI is InChI=1S/C30H50N6O4Si2/c1-12-17-37-27-24-26(34-28(31)35-27)36(25(33-24)20-13-15-32-16-14-20)23-18-21(40-42(10,11)30(5,6)7)22(39-23)19-38-41(8,9)29(2,3)4/h13-16,21-23H,12,17-19H2,1-11H3,(H2,31,34,35). The zero-order valence-corrected chi connectivity index (χ0v) is 29.3. The van der Waals surface area contributed by atoms with Crippen molar-refractivity contribution < 1.29 is 18.3 Å². The summed E-state index contributed by atoms with van der Waals surface area (Å²) in [4.78, 5) is 18.2. The fourth-order valence-electron chi connectivity index (χ4n) is 4.44. The summed E-state index contributed by atoms with van der Waals surface area (Å²) in [5, 5.41) is 0.131. The highest BCUT2D eigenvalue weighted by Crippen LogP contribution is 2.44. The highest BCUT2D eigenvalue weighted by Gasteiger charge is 2.47. The monoisotopic (exact) mass is 614 g/mol. The third kappa shape index (κ3) is 6.72. The van der Waals surface area contributed by atoms with E-state index in [1.165, 1.54) is 0 Å². The molecule has 1 fully saturated rings. The first-order chi connectivity index (χ1) is 19.4. The van der Waals surface area contributed by atoms with Gasteiger partial charge in [-0.25, -0.2) is 4.98 Å². The number of rotatable bonds is 10. The number of imidazole rings is 1. The number of hydrogen-bond acceptors (Lipinski definition) is 9. The fraction of sp³-hybridized carbons (Fsp3) is 0.667. The predicted molar refractivity (Wildman–Crippen MR) is 172 cm³/mol. The maximum Gasteiger partial charge on any atom is 0.247 e. The summed E-state index contributed by atoms with van der Waals surface area (Å²) in [6.45, 7) is 25.7. The average Bonchev–Trinajstić information content (AvgIpc) is 3.45. The van der Waals surface area contributed by atoms with Crippen LogP contribution in [-0.2, 0) is 13.6 Å². The number of nitrogens with two attached hydrogens (primary N) is 1. The summed E-state index contributed by atoms with van der Waals surface area (Å²) in [6, 6.07) is 3.86. The van der Waals surface area contributed by atoms with E-state index in [1.54, 1.807) is 12.4 Å². The first kappa shape index (κ1) is 32.5. The van der Waals surface area contributed by atoms with Gasteiger partial charge in [0.25, 0.3) is 0 Å². The van der Waals surface area contributed by atoms with Crippen LogP contribution in [0, 0.1) is 0 Å². The molecule has 4 rings (SSSR count). The van der Waals surface area contributed by atoms with Crippen molar-refractivity contribution in [1.29, 1.82) is 0 Å². The molecule has 0 aliphatic carbocycles. The van der Waals surface area contributed by atoms with Crippen molar-refractivity contribution in [2.75, 3.05) is 18.9 Å². The summed E-state index contributed by atoms with van der Waals surface area (Å²) in [5.41, 5.74) is 8.21. The Morgan fingerprint density at radius 2 is 1.62 bits per heavy atom. The zero-order valence-electron chi connectivity index (χ0n) is 27.3. The molecule has 0 saturated carbocycles. The molecule has 42 heavy (non-hydrogen) atoms. The summed E-state index contributed by atoms with van der Waals surface area (Å²) < 4.78 is 28.6. The molecular weight excluding hydrogens is 565 g/mol. The fourth-order valence-corrected chi connectivity index (χ4v) is 6.81. The number of nitrogen functional groups attached to an aromatic ring is 1. The number of aromatic nitrogens is 5. The molecule has 4 heterocycles. The van der Waals surface area contributed by atoms with Crippen LogP contribution in [0.15, 0.2) is 24.5 Å². The number of fused-ring (bicyclic) bond motifs is 1. The second-order valence-corrected chi connectivity index (χ2v) is 23.9. The zero-order chi connectivity index (χ0) is 31.1. The van der Waals surface area contributed by atoms with E-state index in [0.29, 0.717) is 42.5 Å². The van der Waals surface area contributed by atoms with E-state index in [4.69, 9.17) is 29.0 Å². The molecule has 3 aromatic rings. The largest absolute Gasteiger partial charge is 0.476 e. The molecule has 0 amide bonds. The summed E-state index contributed by atoms with van der Waals surface area (Å²) in [7, 11) is -4.15. The first-order valence-electron chi connectivity index (χ1n) is 15.0. The predicted octanol–water partition coefficient (Wildman–Crippen LogP) is 6.96. The molecule has 2 N–H and O–H groups in total. The van der Waals surface area contributed by atoms with Crippen LogP contribution in [-0.4, -0.2) is 66.6 Å². The third-order valence-corrected chi connectivity index (χ3v) is 18.0. The van der Waals surface area contributed by atoms with Crippen LogP contribution in [0.2, 0.25) is 36.3 Å². The minimum Gasteiger partial charge on any atom is -0.476 e. The van der Waals surface area contributed by atoms with E-state index < -0.39 is 22.9 Å². The maximum atomic E-state index is 7.04. The Bertz CT molecular complexity index is 1370. The average molecular weight is 615 g/mol. The van der Waals surface area contributed by atoms with Gasteiger partial charge in [0, 0.05) is 24.4 Å². The van der Waals surface area contributed by atoms with E-state index in [0.717, 1.165) is 12.0 Å². The van der Waals surface area contributed by atoms with Gasteiger partial charge >= 0.3 is 0 Å². The molecule has 0 bridgehead atoms. The van der Waals surface area contributed by atoms with E-state index in [2.05, 4.69) is 82.7 Å². The van der Waals surface area contributed by atoms with Gasteiger partial charge in [-0.15, -0.1) is 0 Å². The van der Waals surface area contributed by atoms with Gasteiger partial charge in [-0.1, -0.05) is 48.5 Å². The molecule has 1 saturated heterocycles. The van der Waals surface area contributed by atoms with Crippen LogP contribution in [0.4, 0.5) is 5.95 Å². The van der Waals surface area contributed by atoms with E-state index in [-0.39, 0.29) is 28.2 Å². The molecule has 0 spiro atoms. The lowest BCUT2D eigenvalue weighted by Crippen LogP contribution is -2.48. The van der Waals surface area contributed by atoms with Crippen LogP contribution in [0.1, 0.15) is 67.5 Å². The summed E-state index contributed by atoms with van der Waals surface area (Å²) in [6.07, 6.45) is 4.14. The summed E-state index contributed by atoms with van der Waals surface area (Å²) in [5.74, 6) is 1.19. The Labute approximate surface area is 253 Å². The van der Waals surface area contributed by atoms with Crippen LogP contribution >= 0.6 is 0 Å². The Morgan fingerprint density at radius 3 is 2.21 bits per heavy atom. The van der Waals surface area contributed by atoms with Crippen molar-refractivity contribution in [2.24, 2.45) is 0 Å². The molecule has 3 unspecified atom stereocenters. The van der Waals surface area contributed by atoms with Gasteiger partial charge in [0.2, 0.25) is 11.8 Å². The van der Waals surface area contributed by atoms with Gasteiger partial charge in [0.1, 0.15) is 18.2 Å². The van der Waals surface area contributed by atoms with Crippen molar-refractivity contribution in [1.82, 2.24) is 24.5 Å². The summed E-state index contributed by atoms with van der Waals surface area (Å²) >= 11 is 0. The Balaban J connectivity index is 1.80. The SMILES string of the molecule is CCCOc1nc(N)nc2c1nc(-c1ccncc1)n2C1CC(O[Si](C)(C)C(C)(C)C)C(CO[Si](C)(C)C(C)(C)C)O1. The number of ether oxygens (including phenoxy) is 2. The van der Waals surface area contributed by atoms with Gasteiger partial charge in [-0.2, -0.15) is 9.97 Å². The minimum atomic E-state index is -2.12. The minimum absolute atomic E-state index is 0.0486. The Kier molecular flexibility index (Phi) is 9.25. The van der Waals surface area contributed by atoms with Crippen molar-refractivity contribution in [2.45, 2.75) is 116 Å². The van der Waals surface area contributed by atoms with Gasteiger partial charge in [0.15, 0.2) is 27.8 Å². The Hall–Kier alpha value is -2.39. The number of anilines is 1. The lowest BCUT2D eigenvalue weighted by Gasteiger charge is -2.40. The maximum absolute atomic E-state index is 7.04. The van der Waals surface area contributed by atoms with Crippen LogP contribution in [0.25, 0.3) is 22.6 Å². The van der Waals surface area contributed by atoms with Crippen molar-refractivity contribution >= 4 is 33.7 Å². The quantitative estimate of drug-likeness (QED) is 0.242. The van der Waals surface area contributed by atoms with Crippen molar-refractivity contribution in [3.8, 4) is 17.3 Å². The lowest BCUT2D eigenvalue weighted by atomic mass is 10.2.